The molecule has 1 unspecified atom stereocenters. The van der Waals surface area contributed by atoms with Crippen molar-refractivity contribution in [3.05, 3.63) is 0 Å². The molecule has 4 saturated heterocycles. The Bertz CT molecular complexity index is 443. The number of ether oxygens (including phenoxy) is 3. The van der Waals surface area contributed by atoms with Crippen LogP contribution in [-0.2, 0) is 24.0 Å². The summed E-state index contributed by atoms with van der Waals surface area (Å²) in [4.78, 5) is 11.9. The third-order valence-corrected chi connectivity index (χ3v) is 6.43. The van der Waals surface area contributed by atoms with Gasteiger partial charge in [0.25, 0.3) is 0 Å². The first-order valence-electron chi connectivity index (χ1n) is 8.82. The normalized spacial score (nSPS) is 57.3. The Hall–Kier alpha value is -0.200. The highest BCUT2D eigenvalue weighted by atomic mass is 17.3. The summed E-state index contributed by atoms with van der Waals surface area (Å²) in [7, 11) is 0. The van der Waals surface area contributed by atoms with Crippen molar-refractivity contribution in [2.75, 3.05) is 6.61 Å². The van der Waals surface area contributed by atoms with Gasteiger partial charge in [0.1, 0.15) is 0 Å². The molecule has 126 valence electrons. The van der Waals surface area contributed by atoms with Crippen LogP contribution in [0.4, 0.5) is 0 Å². The fourth-order valence-corrected chi connectivity index (χ4v) is 5.23. The molecule has 22 heavy (non-hydrogen) atoms. The zero-order valence-corrected chi connectivity index (χ0v) is 14.0. The van der Waals surface area contributed by atoms with Gasteiger partial charge in [0.15, 0.2) is 18.2 Å². The van der Waals surface area contributed by atoms with Gasteiger partial charge in [-0.05, 0) is 44.9 Å². The molecule has 2 bridgehead atoms. The van der Waals surface area contributed by atoms with Gasteiger partial charge in [0.05, 0.1) is 0 Å². The standard InChI is InChI=1S/C17H28O5/c1-5-18-14-11(3)13-7-6-10(2)12-8-9-16(4)20-15(19-14)17(12,13)22-21-16/h10-15H,5-9H2,1-4H3/t10-,11-,12+,13+,14+,15-,16-,17?/m1/s1. The molecule has 4 heterocycles. The van der Waals surface area contributed by atoms with Crippen LogP contribution >= 0.6 is 0 Å². The predicted molar refractivity (Wildman–Crippen MR) is 78.5 cm³/mol. The summed E-state index contributed by atoms with van der Waals surface area (Å²) < 4.78 is 18.3. The smallest absolute Gasteiger partial charge is 0.201 e. The van der Waals surface area contributed by atoms with Gasteiger partial charge in [-0.3, -0.25) is 0 Å². The Balaban J connectivity index is 1.75. The van der Waals surface area contributed by atoms with Crippen molar-refractivity contribution in [3.8, 4) is 0 Å². The molecule has 5 rings (SSSR count). The molecule has 5 heteroatoms. The molecule has 5 nitrogen and oxygen atoms in total. The van der Waals surface area contributed by atoms with Gasteiger partial charge in [0.2, 0.25) is 5.79 Å². The molecule has 0 aromatic heterocycles. The van der Waals surface area contributed by atoms with Crippen LogP contribution in [0.3, 0.4) is 0 Å². The molecule has 4 aliphatic heterocycles. The summed E-state index contributed by atoms with van der Waals surface area (Å²) in [6.07, 6.45) is 3.66. The molecule has 5 fully saturated rings. The van der Waals surface area contributed by atoms with Crippen LogP contribution < -0.4 is 0 Å². The minimum Gasteiger partial charge on any atom is -0.353 e. The van der Waals surface area contributed by atoms with Crippen molar-refractivity contribution >= 4 is 0 Å². The Morgan fingerprint density at radius 1 is 1.09 bits per heavy atom. The number of rotatable bonds is 2. The van der Waals surface area contributed by atoms with Gasteiger partial charge in [0, 0.05) is 24.9 Å². The number of hydrogen-bond donors (Lipinski definition) is 0. The van der Waals surface area contributed by atoms with Crippen LogP contribution in [0.15, 0.2) is 0 Å². The fourth-order valence-electron chi connectivity index (χ4n) is 5.23. The molecular formula is C17H28O5. The maximum absolute atomic E-state index is 6.25. The highest BCUT2D eigenvalue weighted by Gasteiger charge is 2.69. The van der Waals surface area contributed by atoms with E-state index in [-0.39, 0.29) is 18.5 Å². The topological polar surface area (TPSA) is 46.2 Å². The first-order chi connectivity index (χ1) is 10.5. The van der Waals surface area contributed by atoms with E-state index in [4.69, 9.17) is 24.0 Å². The molecule has 0 aromatic carbocycles. The highest BCUT2D eigenvalue weighted by molar-refractivity contribution is 5.09. The quantitative estimate of drug-likeness (QED) is 0.733. The van der Waals surface area contributed by atoms with Crippen molar-refractivity contribution in [3.63, 3.8) is 0 Å². The minimum atomic E-state index is -0.700. The monoisotopic (exact) mass is 312 g/mol. The van der Waals surface area contributed by atoms with Crippen LogP contribution in [-0.4, -0.2) is 30.6 Å². The van der Waals surface area contributed by atoms with Crippen molar-refractivity contribution in [1.82, 2.24) is 0 Å². The fraction of sp³-hybridized carbons (Fsp3) is 1.00. The molecule has 1 aliphatic carbocycles. The summed E-state index contributed by atoms with van der Waals surface area (Å²) >= 11 is 0. The lowest BCUT2D eigenvalue weighted by molar-refractivity contribution is -0.577. The van der Waals surface area contributed by atoms with Crippen LogP contribution in [0.5, 0.6) is 0 Å². The van der Waals surface area contributed by atoms with E-state index in [0.29, 0.717) is 24.4 Å². The van der Waals surface area contributed by atoms with Gasteiger partial charge in [-0.25, -0.2) is 9.78 Å². The molecule has 0 amide bonds. The zero-order chi connectivity index (χ0) is 15.5. The van der Waals surface area contributed by atoms with E-state index in [9.17, 15) is 0 Å². The number of hydrogen-bond acceptors (Lipinski definition) is 5. The van der Waals surface area contributed by atoms with Crippen LogP contribution in [0.2, 0.25) is 0 Å². The maximum Gasteiger partial charge on any atom is 0.201 e. The van der Waals surface area contributed by atoms with E-state index >= 15 is 0 Å². The molecule has 1 spiro atoms. The van der Waals surface area contributed by atoms with Gasteiger partial charge >= 0.3 is 0 Å². The van der Waals surface area contributed by atoms with Crippen LogP contribution in [0.1, 0.15) is 53.4 Å². The average Bonchev–Trinajstić information content (AvgIpc) is 2.71. The Labute approximate surface area is 132 Å². The first-order valence-corrected chi connectivity index (χ1v) is 8.82. The predicted octanol–water partition coefficient (Wildman–Crippen LogP) is 3.23. The maximum atomic E-state index is 6.25. The second-order valence-electron chi connectivity index (χ2n) is 7.73. The lowest BCUT2D eigenvalue weighted by Crippen LogP contribution is -2.70. The third-order valence-electron chi connectivity index (χ3n) is 6.43. The molecule has 0 radical (unpaired) electrons. The van der Waals surface area contributed by atoms with Crippen molar-refractivity contribution in [2.24, 2.45) is 23.7 Å². The summed E-state index contributed by atoms with van der Waals surface area (Å²) in [5.74, 6) is 0.957. The molecule has 8 atom stereocenters. The molecule has 5 aliphatic rings. The van der Waals surface area contributed by atoms with Crippen molar-refractivity contribution in [2.45, 2.75) is 77.3 Å². The van der Waals surface area contributed by atoms with Crippen molar-refractivity contribution < 1.29 is 24.0 Å². The second kappa shape index (κ2) is 5.15. The molecule has 0 N–H and O–H groups in total. The lowest BCUT2D eigenvalue weighted by atomic mass is 9.58. The van der Waals surface area contributed by atoms with E-state index in [1.807, 2.05) is 13.8 Å². The summed E-state index contributed by atoms with van der Waals surface area (Å²) in [6, 6.07) is 0. The molecule has 1 saturated carbocycles. The molecule has 0 aromatic rings. The van der Waals surface area contributed by atoms with Gasteiger partial charge < -0.3 is 14.2 Å². The van der Waals surface area contributed by atoms with Crippen molar-refractivity contribution in [1.29, 1.82) is 0 Å². The van der Waals surface area contributed by atoms with Crippen LogP contribution in [0, 0.1) is 23.7 Å². The Kier molecular flexibility index (Phi) is 3.59. The van der Waals surface area contributed by atoms with E-state index < -0.39 is 11.4 Å². The Morgan fingerprint density at radius 3 is 2.68 bits per heavy atom. The van der Waals surface area contributed by atoms with E-state index in [2.05, 4.69) is 13.8 Å². The molecular weight excluding hydrogens is 284 g/mol. The van der Waals surface area contributed by atoms with Gasteiger partial charge in [-0.2, -0.15) is 0 Å². The summed E-state index contributed by atoms with van der Waals surface area (Å²) in [5, 5.41) is 0. The van der Waals surface area contributed by atoms with E-state index in [1.165, 1.54) is 6.42 Å². The number of fused-ring (bicyclic) bond motifs is 2. The zero-order valence-electron chi connectivity index (χ0n) is 14.0. The third kappa shape index (κ3) is 1.96. The van der Waals surface area contributed by atoms with E-state index in [1.54, 1.807) is 0 Å². The van der Waals surface area contributed by atoms with Gasteiger partial charge in [-0.15, -0.1) is 0 Å². The summed E-state index contributed by atoms with van der Waals surface area (Å²) in [6.45, 7) is 9.15. The Morgan fingerprint density at radius 2 is 1.91 bits per heavy atom. The highest BCUT2D eigenvalue weighted by Crippen LogP contribution is 2.60. The minimum absolute atomic E-state index is 0.216. The average molecular weight is 312 g/mol. The summed E-state index contributed by atoms with van der Waals surface area (Å²) in [5.41, 5.74) is -0.472. The van der Waals surface area contributed by atoms with E-state index in [0.717, 1.165) is 19.3 Å². The first kappa shape index (κ1) is 15.3. The second-order valence-corrected chi connectivity index (χ2v) is 7.73. The largest absolute Gasteiger partial charge is 0.353 e. The lowest BCUT2D eigenvalue weighted by Gasteiger charge is -2.60. The van der Waals surface area contributed by atoms with Gasteiger partial charge in [-0.1, -0.05) is 13.8 Å². The van der Waals surface area contributed by atoms with Crippen LogP contribution in [0.25, 0.3) is 0 Å². The SMILES string of the molecule is CCO[C@H]1O[C@@H]2O[C@@]3(C)CC[C@H]4[C@H](C)CC[C@@H]([C@H]1C)C24OO3.